The van der Waals surface area contributed by atoms with Crippen LogP contribution in [0, 0.1) is 11.8 Å². The molecule has 0 bridgehead atoms. The highest BCUT2D eigenvalue weighted by Gasteiger charge is 2.25. The second-order valence-electron chi connectivity index (χ2n) is 5.87. The van der Waals surface area contributed by atoms with Crippen LogP contribution < -0.4 is 0 Å². The van der Waals surface area contributed by atoms with Crippen molar-refractivity contribution in [1.82, 2.24) is 0 Å². The van der Waals surface area contributed by atoms with Crippen molar-refractivity contribution >= 4 is 32.4 Å². The van der Waals surface area contributed by atoms with E-state index in [-0.39, 0.29) is 0 Å². The van der Waals surface area contributed by atoms with Crippen LogP contribution >= 0.6 is 22.6 Å². The van der Waals surface area contributed by atoms with Gasteiger partial charge >= 0.3 is 0 Å². The van der Waals surface area contributed by atoms with E-state index in [1.54, 1.807) is 24.3 Å². The Morgan fingerprint density at radius 2 is 1.44 bits per heavy atom. The maximum atomic E-state index is 13.0. The lowest BCUT2D eigenvalue weighted by atomic mass is 10.1. The molecular weight excluding hydrogens is 443 g/mol. The largest absolute Gasteiger partial charge is 0.222 e. The second-order valence-corrected chi connectivity index (χ2v) is 9.08. The van der Waals surface area contributed by atoms with Crippen LogP contribution in [0.1, 0.15) is 37.7 Å². The van der Waals surface area contributed by atoms with E-state index in [1.165, 1.54) is 6.42 Å². The van der Waals surface area contributed by atoms with Gasteiger partial charge in [0.25, 0.3) is 0 Å². The van der Waals surface area contributed by atoms with Crippen LogP contribution in [0.5, 0.6) is 0 Å². The molecule has 2 nitrogen and oxygen atoms in total. The smallest absolute Gasteiger partial charge is 0.192 e. The highest BCUT2D eigenvalue weighted by molar-refractivity contribution is 14.1. The molecule has 0 fully saturated rings. The zero-order valence-corrected chi connectivity index (χ0v) is 17.2. The Labute approximate surface area is 165 Å². The number of unbranched alkanes of at least 4 members (excludes halogenated alkanes) is 3. The summed E-state index contributed by atoms with van der Waals surface area (Å²) in [5, 5.41) is -0.658. The third kappa shape index (κ3) is 6.48. The van der Waals surface area contributed by atoms with Gasteiger partial charge in [0.05, 0.1) is 4.90 Å². The number of sulfone groups is 1. The number of alkyl halides is 1. The van der Waals surface area contributed by atoms with Gasteiger partial charge in [0.2, 0.25) is 0 Å². The van der Waals surface area contributed by atoms with Gasteiger partial charge in [0.1, 0.15) is 5.25 Å². The van der Waals surface area contributed by atoms with Gasteiger partial charge in [-0.15, -0.1) is 0 Å². The van der Waals surface area contributed by atoms with Crippen molar-refractivity contribution in [2.75, 3.05) is 4.43 Å². The fraction of sp³-hybridized carbons (Fsp3) is 0.333. The van der Waals surface area contributed by atoms with Crippen LogP contribution in [0.15, 0.2) is 65.6 Å². The molecule has 4 heteroatoms. The summed E-state index contributed by atoms with van der Waals surface area (Å²) in [7, 11) is -3.44. The number of hydrogen-bond donors (Lipinski definition) is 0. The van der Waals surface area contributed by atoms with Crippen LogP contribution in [0.25, 0.3) is 0 Å². The van der Waals surface area contributed by atoms with Crippen LogP contribution in [-0.4, -0.2) is 18.1 Å². The molecule has 0 radical (unpaired) electrons. The molecule has 0 N–H and O–H groups in total. The Balaban J connectivity index is 2.18. The van der Waals surface area contributed by atoms with E-state index in [1.807, 2.05) is 36.4 Å². The van der Waals surface area contributed by atoms with E-state index in [4.69, 9.17) is 0 Å². The van der Waals surface area contributed by atoms with E-state index in [0.29, 0.717) is 11.3 Å². The summed E-state index contributed by atoms with van der Waals surface area (Å²) in [5.74, 6) is 6.07. The van der Waals surface area contributed by atoms with Crippen LogP contribution in [-0.2, 0) is 9.84 Å². The third-order valence-corrected chi connectivity index (χ3v) is 6.74. The first kappa shape index (κ1) is 20.0. The molecule has 0 amide bonds. The molecule has 0 aliphatic rings. The van der Waals surface area contributed by atoms with Crippen molar-refractivity contribution in [2.24, 2.45) is 0 Å². The summed E-state index contributed by atoms with van der Waals surface area (Å²) < 4.78 is 27.1. The van der Waals surface area contributed by atoms with E-state index in [0.717, 1.165) is 29.3 Å². The molecule has 0 heterocycles. The molecule has 0 saturated heterocycles. The van der Waals surface area contributed by atoms with Gasteiger partial charge in [0.15, 0.2) is 9.84 Å². The van der Waals surface area contributed by atoms with Crippen LogP contribution in [0.4, 0.5) is 0 Å². The fourth-order valence-electron chi connectivity index (χ4n) is 2.54. The van der Waals surface area contributed by atoms with Gasteiger partial charge in [-0.2, -0.15) is 0 Å². The SMILES string of the molecule is O=S(=O)(c1ccccc1)C(C#Cc1ccccc1)CCCCCCI. The highest BCUT2D eigenvalue weighted by Crippen LogP contribution is 2.20. The van der Waals surface area contributed by atoms with Crippen molar-refractivity contribution in [3.8, 4) is 11.8 Å². The first-order valence-electron chi connectivity index (χ1n) is 8.56. The molecule has 2 aromatic rings. The van der Waals surface area contributed by atoms with Gasteiger partial charge in [0, 0.05) is 5.56 Å². The number of benzene rings is 2. The molecule has 0 aliphatic heterocycles. The third-order valence-electron chi connectivity index (χ3n) is 3.95. The number of halogens is 1. The van der Waals surface area contributed by atoms with Crippen molar-refractivity contribution in [3.05, 3.63) is 66.2 Å². The normalized spacial score (nSPS) is 12.2. The van der Waals surface area contributed by atoms with Gasteiger partial charge < -0.3 is 0 Å². The quantitative estimate of drug-likeness (QED) is 0.230. The van der Waals surface area contributed by atoms with E-state index < -0.39 is 15.1 Å². The van der Waals surface area contributed by atoms with Crippen molar-refractivity contribution < 1.29 is 8.42 Å². The average molecular weight is 466 g/mol. The van der Waals surface area contributed by atoms with Gasteiger partial charge in [-0.1, -0.05) is 90.1 Å². The van der Waals surface area contributed by atoms with Gasteiger partial charge in [-0.3, -0.25) is 0 Å². The Morgan fingerprint density at radius 1 is 0.840 bits per heavy atom. The summed E-state index contributed by atoms with van der Waals surface area (Å²) in [6.45, 7) is 0. The molecule has 132 valence electrons. The van der Waals surface area contributed by atoms with Crippen molar-refractivity contribution in [3.63, 3.8) is 0 Å². The van der Waals surface area contributed by atoms with Crippen LogP contribution in [0.2, 0.25) is 0 Å². The minimum Gasteiger partial charge on any atom is -0.222 e. The van der Waals surface area contributed by atoms with Crippen molar-refractivity contribution in [2.45, 2.75) is 42.2 Å². The minimum absolute atomic E-state index is 0.356. The molecule has 2 rings (SSSR count). The Kier molecular flexibility index (Phi) is 8.50. The second kappa shape index (κ2) is 10.6. The zero-order valence-electron chi connectivity index (χ0n) is 14.2. The van der Waals surface area contributed by atoms with E-state index in [9.17, 15) is 8.42 Å². The average Bonchev–Trinajstić information content (AvgIpc) is 2.65. The lowest BCUT2D eigenvalue weighted by molar-refractivity contribution is 0.575. The molecule has 25 heavy (non-hydrogen) atoms. The highest BCUT2D eigenvalue weighted by atomic mass is 127. The topological polar surface area (TPSA) is 34.1 Å². The molecule has 0 aliphatic carbocycles. The summed E-state index contributed by atoms with van der Waals surface area (Å²) >= 11 is 2.37. The van der Waals surface area contributed by atoms with E-state index in [2.05, 4.69) is 34.4 Å². The predicted octanol–water partition coefficient (Wildman–Crippen LogP) is 5.27. The van der Waals surface area contributed by atoms with Gasteiger partial charge in [-0.05, 0) is 41.5 Å². The Morgan fingerprint density at radius 3 is 2.08 bits per heavy atom. The molecule has 1 unspecified atom stereocenters. The summed E-state index contributed by atoms with van der Waals surface area (Å²) in [5.41, 5.74) is 0.848. The molecule has 0 aromatic heterocycles. The Bertz CT molecular complexity index is 790. The monoisotopic (exact) mass is 466 g/mol. The maximum Gasteiger partial charge on any atom is 0.192 e. The summed E-state index contributed by atoms with van der Waals surface area (Å²) in [6.07, 6.45) is 4.85. The zero-order chi connectivity index (χ0) is 18.0. The Hall–Kier alpha value is -1.32. The lowest BCUT2D eigenvalue weighted by Gasteiger charge is -2.12. The maximum absolute atomic E-state index is 13.0. The fourth-order valence-corrected chi connectivity index (χ4v) is 4.64. The minimum atomic E-state index is -3.44. The standard InChI is InChI=1S/C21H23IO2S/c22-18-10-2-1-7-15-21(17-16-19-11-5-3-6-12-19)25(23,24)20-13-8-4-9-14-20/h3-6,8-9,11-14,21H,1-2,7,10,15,18H2. The lowest BCUT2D eigenvalue weighted by Crippen LogP contribution is -2.20. The first-order chi connectivity index (χ1) is 12.1. The summed E-state index contributed by atoms with van der Waals surface area (Å²) in [4.78, 5) is 0.356. The first-order valence-corrected chi connectivity index (χ1v) is 11.6. The number of hydrogen-bond acceptors (Lipinski definition) is 2. The van der Waals surface area contributed by atoms with Gasteiger partial charge in [-0.25, -0.2) is 8.42 Å². The molecule has 0 spiro atoms. The van der Waals surface area contributed by atoms with Crippen molar-refractivity contribution in [1.29, 1.82) is 0 Å². The van der Waals surface area contributed by atoms with Crippen LogP contribution in [0.3, 0.4) is 0 Å². The number of rotatable bonds is 8. The molecule has 2 aromatic carbocycles. The molecule has 0 saturated carbocycles. The molecular formula is C21H23IO2S. The summed E-state index contributed by atoms with van der Waals surface area (Å²) in [6, 6.07) is 18.2. The predicted molar refractivity (Wildman–Crippen MR) is 113 cm³/mol. The molecule has 1 atom stereocenters. The van der Waals surface area contributed by atoms with E-state index >= 15 is 0 Å².